The monoisotopic (exact) mass is 343 g/mol. The van der Waals surface area contributed by atoms with E-state index in [1.54, 1.807) is 0 Å². The Morgan fingerprint density at radius 1 is 0.962 bits per heavy atom. The average Bonchev–Trinajstić information content (AvgIpc) is 3.34. The fourth-order valence-electron chi connectivity index (χ4n) is 3.42. The summed E-state index contributed by atoms with van der Waals surface area (Å²) in [4.78, 5) is 9.13. The SMILES string of the molecule is Cn1ccc2cccc(Cc3noc(Cc4cn5ccccc5n4)n3)c21. The summed E-state index contributed by atoms with van der Waals surface area (Å²) in [5.74, 6) is 1.28. The highest BCUT2D eigenvalue weighted by Gasteiger charge is 2.12. The first kappa shape index (κ1) is 14.9. The quantitative estimate of drug-likeness (QED) is 0.502. The number of para-hydroxylation sites is 1. The third-order valence-corrected chi connectivity index (χ3v) is 4.59. The van der Waals surface area contributed by atoms with Crippen molar-refractivity contribution < 1.29 is 4.52 Å². The molecule has 5 rings (SSSR count). The van der Waals surface area contributed by atoms with Crippen LogP contribution in [0.25, 0.3) is 16.6 Å². The first-order valence-corrected chi connectivity index (χ1v) is 8.53. The lowest BCUT2D eigenvalue weighted by molar-refractivity contribution is 0.379. The maximum Gasteiger partial charge on any atom is 0.232 e. The van der Waals surface area contributed by atoms with Gasteiger partial charge in [-0.05, 0) is 29.1 Å². The molecule has 4 aromatic heterocycles. The van der Waals surface area contributed by atoms with Gasteiger partial charge in [-0.25, -0.2) is 4.98 Å². The molecule has 6 nitrogen and oxygen atoms in total. The third kappa shape index (κ3) is 2.56. The van der Waals surface area contributed by atoms with Gasteiger partial charge in [-0.15, -0.1) is 0 Å². The van der Waals surface area contributed by atoms with E-state index in [1.807, 2.05) is 35.0 Å². The summed E-state index contributed by atoms with van der Waals surface area (Å²) >= 11 is 0. The van der Waals surface area contributed by atoms with Crippen LogP contribution in [-0.4, -0.2) is 24.1 Å². The Kier molecular flexibility index (Phi) is 3.35. The maximum absolute atomic E-state index is 5.44. The Morgan fingerprint density at radius 2 is 1.92 bits per heavy atom. The molecule has 0 radical (unpaired) electrons. The van der Waals surface area contributed by atoms with Gasteiger partial charge in [-0.2, -0.15) is 4.98 Å². The van der Waals surface area contributed by atoms with Gasteiger partial charge in [0.25, 0.3) is 0 Å². The molecule has 0 saturated carbocycles. The number of rotatable bonds is 4. The molecule has 1 aromatic carbocycles. The summed E-state index contributed by atoms with van der Waals surface area (Å²) in [5.41, 5.74) is 4.22. The summed E-state index contributed by atoms with van der Waals surface area (Å²) in [5, 5.41) is 5.37. The van der Waals surface area contributed by atoms with Crippen LogP contribution in [0.4, 0.5) is 0 Å². The van der Waals surface area contributed by atoms with Gasteiger partial charge in [0.15, 0.2) is 5.82 Å². The van der Waals surface area contributed by atoms with Crippen LogP contribution in [-0.2, 0) is 19.9 Å². The zero-order valence-corrected chi connectivity index (χ0v) is 14.3. The van der Waals surface area contributed by atoms with E-state index in [-0.39, 0.29) is 0 Å². The number of hydrogen-bond acceptors (Lipinski definition) is 4. The molecule has 0 atom stereocenters. The minimum Gasteiger partial charge on any atom is -0.350 e. The topological polar surface area (TPSA) is 61.2 Å². The van der Waals surface area contributed by atoms with E-state index in [2.05, 4.69) is 57.2 Å². The minimum absolute atomic E-state index is 0.531. The van der Waals surface area contributed by atoms with Gasteiger partial charge in [0.05, 0.1) is 17.6 Å². The second-order valence-electron chi connectivity index (χ2n) is 6.44. The fraction of sp³-hybridized carbons (Fsp3) is 0.150. The summed E-state index contributed by atoms with van der Waals surface area (Å²) in [6.07, 6.45) is 7.21. The summed E-state index contributed by atoms with van der Waals surface area (Å²) in [6, 6.07) is 14.3. The highest BCUT2D eigenvalue weighted by Crippen LogP contribution is 2.21. The first-order chi connectivity index (χ1) is 12.8. The smallest absolute Gasteiger partial charge is 0.232 e. The second kappa shape index (κ2) is 5.84. The van der Waals surface area contributed by atoms with Gasteiger partial charge in [0, 0.05) is 32.1 Å². The van der Waals surface area contributed by atoms with Gasteiger partial charge in [-0.3, -0.25) is 0 Å². The highest BCUT2D eigenvalue weighted by atomic mass is 16.5. The molecule has 0 amide bonds. The Morgan fingerprint density at radius 3 is 2.85 bits per heavy atom. The van der Waals surface area contributed by atoms with Crippen LogP contribution >= 0.6 is 0 Å². The zero-order chi connectivity index (χ0) is 17.5. The minimum atomic E-state index is 0.531. The third-order valence-electron chi connectivity index (χ3n) is 4.59. The van der Waals surface area contributed by atoms with E-state index in [1.165, 1.54) is 16.5 Å². The first-order valence-electron chi connectivity index (χ1n) is 8.53. The van der Waals surface area contributed by atoms with E-state index in [9.17, 15) is 0 Å². The normalized spacial score (nSPS) is 11.6. The molecule has 0 fully saturated rings. The lowest BCUT2D eigenvalue weighted by atomic mass is 10.1. The number of nitrogens with zero attached hydrogens (tertiary/aromatic N) is 5. The van der Waals surface area contributed by atoms with E-state index in [4.69, 9.17) is 4.52 Å². The van der Waals surface area contributed by atoms with Crippen molar-refractivity contribution in [2.24, 2.45) is 7.05 Å². The van der Waals surface area contributed by atoms with Crippen molar-refractivity contribution in [1.29, 1.82) is 0 Å². The largest absolute Gasteiger partial charge is 0.350 e. The summed E-state index contributed by atoms with van der Waals surface area (Å²) < 4.78 is 9.56. The van der Waals surface area contributed by atoms with Crippen molar-refractivity contribution in [2.45, 2.75) is 12.8 Å². The number of imidazole rings is 1. The molecular formula is C20H17N5O. The number of fused-ring (bicyclic) bond motifs is 2. The second-order valence-corrected chi connectivity index (χ2v) is 6.44. The fourth-order valence-corrected chi connectivity index (χ4v) is 3.42. The Balaban J connectivity index is 1.40. The van der Waals surface area contributed by atoms with Crippen LogP contribution in [0.3, 0.4) is 0 Å². The molecule has 0 N–H and O–H groups in total. The molecule has 0 bridgehead atoms. The van der Waals surface area contributed by atoms with Crippen LogP contribution in [0.2, 0.25) is 0 Å². The average molecular weight is 343 g/mol. The Labute approximate surface area is 149 Å². The van der Waals surface area contributed by atoms with Crippen LogP contribution in [0.15, 0.2) is 65.6 Å². The van der Waals surface area contributed by atoms with Crippen molar-refractivity contribution >= 4 is 16.6 Å². The van der Waals surface area contributed by atoms with Gasteiger partial charge in [-0.1, -0.05) is 29.4 Å². The highest BCUT2D eigenvalue weighted by molar-refractivity contribution is 5.83. The van der Waals surface area contributed by atoms with Gasteiger partial charge in [0.1, 0.15) is 5.65 Å². The molecule has 0 aliphatic rings. The molecule has 0 aliphatic heterocycles. The molecule has 0 unspecified atom stereocenters. The van der Waals surface area contributed by atoms with E-state index >= 15 is 0 Å². The van der Waals surface area contributed by atoms with E-state index in [0.29, 0.717) is 24.6 Å². The van der Waals surface area contributed by atoms with Crippen molar-refractivity contribution in [3.8, 4) is 0 Å². The lowest BCUT2D eigenvalue weighted by Gasteiger charge is -2.03. The molecule has 4 heterocycles. The maximum atomic E-state index is 5.44. The molecule has 26 heavy (non-hydrogen) atoms. The van der Waals surface area contributed by atoms with Crippen molar-refractivity contribution in [2.75, 3.05) is 0 Å². The van der Waals surface area contributed by atoms with Crippen LogP contribution in [0.5, 0.6) is 0 Å². The number of aromatic nitrogens is 5. The van der Waals surface area contributed by atoms with Crippen LogP contribution in [0.1, 0.15) is 23.0 Å². The molecule has 0 spiro atoms. The van der Waals surface area contributed by atoms with Gasteiger partial charge in [0.2, 0.25) is 5.89 Å². The molecular weight excluding hydrogens is 326 g/mol. The number of hydrogen-bond donors (Lipinski definition) is 0. The number of pyridine rings is 1. The molecule has 0 saturated heterocycles. The van der Waals surface area contributed by atoms with E-state index < -0.39 is 0 Å². The Bertz CT molecular complexity index is 1180. The summed E-state index contributed by atoms with van der Waals surface area (Å²) in [6.45, 7) is 0. The predicted octanol–water partition coefficient (Wildman–Crippen LogP) is 3.39. The predicted molar refractivity (Wildman–Crippen MR) is 98.0 cm³/mol. The lowest BCUT2D eigenvalue weighted by Crippen LogP contribution is -1.96. The van der Waals surface area contributed by atoms with Crippen molar-refractivity contribution in [1.82, 2.24) is 24.1 Å². The molecule has 6 heteroatoms. The van der Waals surface area contributed by atoms with Crippen molar-refractivity contribution in [3.63, 3.8) is 0 Å². The molecule has 128 valence electrons. The molecule has 0 aliphatic carbocycles. The van der Waals surface area contributed by atoms with Crippen molar-refractivity contribution in [3.05, 3.63) is 84.0 Å². The number of benzene rings is 1. The van der Waals surface area contributed by atoms with E-state index in [0.717, 1.165) is 11.3 Å². The van der Waals surface area contributed by atoms with Crippen LogP contribution in [0, 0.1) is 0 Å². The Hall–Kier alpha value is -3.41. The zero-order valence-electron chi connectivity index (χ0n) is 14.3. The van der Waals surface area contributed by atoms with Gasteiger partial charge >= 0.3 is 0 Å². The summed E-state index contributed by atoms with van der Waals surface area (Å²) in [7, 11) is 2.05. The standard InChI is InChI=1S/C20H17N5O/c1-24-10-8-14-5-4-6-15(20(14)24)11-17-22-19(26-23-17)12-16-13-25-9-3-2-7-18(25)21-16/h2-10,13H,11-12H2,1H3. The molecule has 5 aromatic rings. The van der Waals surface area contributed by atoms with Crippen LogP contribution < -0.4 is 0 Å². The number of aryl methyl sites for hydroxylation is 1. The van der Waals surface area contributed by atoms with Gasteiger partial charge < -0.3 is 13.5 Å².